The van der Waals surface area contributed by atoms with Gasteiger partial charge >= 0.3 is 0 Å². The van der Waals surface area contributed by atoms with E-state index in [9.17, 15) is 9.59 Å². The van der Waals surface area contributed by atoms with Crippen molar-refractivity contribution in [2.45, 2.75) is 73.8 Å². The van der Waals surface area contributed by atoms with Crippen LogP contribution in [0.4, 0.5) is 0 Å². The minimum atomic E-state index is -1.05. The first-order valence-electron chi connectivity index (χ1n) is 9.18. The summed E-state index contributed by atoms with van der Waals surface area (Å²) in [7, 11) is 0. The van der Waals surface area contributed by atoms with Crippen LogP contribution < -0.4 is 0 Å². The molecule has 0 saturated carbocycles. The molecule has 0 aromatic carbocycles. The summed E-state index contributed by atoms with van der Waals surface area (Å²) >= 11 is 0. The zero-order valence-electron chi connectivity index (χ0n) is 14.1. The highest BCUT2D eigenvalue weighted by Gasteiger charge is 2.76. The number of ether oxygens (including phenoxy) is 4. The molecule has 134 valence electrons. The van der Waals surface area contributed by atoms with Gasteiger partial charge in [-0.3, -0.25) is 0 Å². The van der Waals surface area contributed by atoms with Crippen LogP contribution in [0.2, 0.25) is 0 Å². The monoisotopic (exact) mass is 338 g/mol. The van der Waals surface area contributed by atoms with Gasteiger partial charge in [-0.25, -0.2) is 0 Å². The Balaban J connectivity index is 1.89. The average Bonchev–Trinajstić information content (AvgIpc) is 3.42. The van der Waals surface area contributed by atoms with E-state index < -0.39 is 22.4 Å². The molecule has 0 bridgehead atoms. The summed E-state index contributed by atoms with van der Waals surface area (Å²) in [5.74, 6) is 0. The van der Waals surface area contributed by atoms with E-state index in [1.165, 1.54) is 0 Å². The van der Waals surface area contributed by atoms with Crippen molar-refractivity contribution < 1.29 is 28.5 Å². The molecule has 0 aromatic rings. The molecule has 24 heavy (non-hydrogen) atoms. The van der Waals surface area contributed by atoms with Crippen LogP contribution in [-0.2, 0) is 28.5 Å². The highest BCUT2D eigenvalue weighted by Crippen LogP contribution is 2.59. The van der Waals surface area contributed by atoms with Crippen molar-refractivity contribution in [3.63, 3.8) is 0 Å². The first-order valence-corrected chi connectivity index (χ1v) is 9.18. The van der Waals surface area contributed by atoms with Gasteiger partial charge in [0.2, 0.25) is 0 Å². The Morgan fingerprint density at radius 2 is 0.917 bits per heavy atom. The fourth-order valence-electron chi connectivity index (χ4n) is 5.60. The highest BCUT2D eigenvalue weighted by molar-refractivity contribution is 5.71. The number of rotatable bonds is 5. The molecule has 4 fully saturated rings. The van der Waals surface area contributed by atoms with E-state index in [0.29, 0.717) is 52.1 Å². The zero-order chi connectivity index (χ0) is 16.7. The maximum atomic E-state index is 12.2. The number of aldehydes is 2. The fourth-order valence-corrected chi connectivity index (χ4v) is 5.60. The van der Waals surface area contributed by atoms with Gasteiger partial charge in [0.25, 0.3) is 0 Å². The molecule has 4 aliphatic rings. The molecule has 6 nitrogen and oxygen atoms in total. The smallest absolute Gasteiger partial charge is 0.155 e. The van der Waals surface area contributed by atoms with E-state index in [4.69, 9.17) is 18.9 Å². The summed E-state index contributed by atoms with van der Waals surface area (Å²) in [5.41, 5.74) is -3.98. The van der Waals surface area contributed by atoms with Crippen LogP contribution in [0.25, 0.3) is 0 Å². The van der Waals surface area contributed by atoms with Crippen LogP contribution in [0.1, 0.15) is 51.4 Å². The summed E-state index contributed by atoms with van der Waals surface area (Å²) < 4.78 is 24.7. The fraction of sp³-hybridized carbons (Fsp3) is 0.889. The summed E-state index contributed by atoms with van der Waals surface area (Å²) in [5, 5.41) is 0. The Bertz CT molecular complexity index is 446. The molecule has 0 aromatic heterocycles. The van der Waals surface area contributed by atoms with Crippen LogP contribution in [0.3, 0.4) is 0 Å². The van der Waals surface area contributed by atoms with Gasteiger partial charge in [0.05, 0.1) is 0 Å². The van der Waals surface area contributed by atoms with Gasteiger partial charge in [0.1, 0.15) is 11.2 Å². The maximum absolute atomic E-state index is 12.2. The second-order valence-corrected chi connectivity index (χ2v) is 7.48. The highest BCUT2D eigenvalue weighted by atomic mass is 16.6. The minimum Gasteiger partial charge on any atom is -0.368 e. The van der Waals surface area contributed by atoms with E-state index >= 15 is 0 Å². The van der Waals surface area contributed by atoms with E-state index in [2.05, 4.69) is 0 Å². The molecule has 4 atom stereocenters. The molecule has 0 unspecified atom stereocenters. The van der Waals surface area contributed by atoms with Crippen LogP contribution in [0, 0.1) is 0 Å². The lowest BCUT2D eigenvalue weighted by Gasteiger charge is -2.56. The molecule has 4 saturated heterocycles. The summed E-state index contributed by atoms with van der Waals surface area (Å²) in [6.07, 6.45) is 7.63. The second kappa shape index (κ2) is 5.87. The van der Waals surface area contributed by atoms with Crippen LogP contribution in [0.15, 0.2) is 0 Å². The molecular weight excluding hydrogens is 312 g/mol. The van der Waals surface area contributed by atoms with Gasteiger partial charge in [-0.2, -0.15) is 0 Å². The molecule has 4 rings (SSSR count). The third kappa shape index (κ3) is 1.86. The van der Waals surface area contributed by atoms with Crippen molar-refractivity contribution in [1.82, 2.24) is 0 Å². The number of hydrogen-bond acceptors (Lipinski definition) is 6. The van der Waals surface area contributed by atoms with E-state index in [0.717, 1.165) is 38.3 Å². The Kier molecular flexibility index (Phi) is 4.07. The molecule has 0 N–H and O–H groups in total. The predicted molar refractivity (Wildman–Crippen MR) is 83.8 cm³/mol. The van der Waals surface area contributed by atoms with Gasteiger partial charge < -0.3 is 28.5 Å². The van der Waals surface area contributed by atoms with Crippen molar-refractivity contribution in [3.05, 3.63) is 0 Å². The third-order valence-corrected chi connectivity index (χ3v) is 6.55. The second-order valence-electron chi connectivity index (χ2n) is 7.48. The third-order valence-electron chi connectivity index (χ3n) is 6.55. The van der Waals surface area contributed by atoms with Gasteiger partial charge in [0, 0.05) is 26.4 Å². The lowest BCUT2D eigenvalue weighted by atomic mass is 9.60. The molecule has 4 heterocycles. The van der Waals surface area contributed by atoms with Gasteiger partial charge in [0.15, 0.2) is 23.8 Å². The molecule has 4 aliphatic heterocycles. The lowest BCUT2D eigenvalue weighted by Crippen LogP contribution is -2.76. The Morgan fingerprint density at radius 1 is 0.542 bits per heavy atom. The lowest BCUT2D eigenvalue weighted by molar-refractivity contribution is -0.287. The molecular formula is C18H26O6. The zero-order valence-corrected chi connectivity index (χ0v) is 14.1. The first kappa shape index (κ1) is 16.6. The van der Waals surface area contributed by atoms with Gasteiger partial charge in [-0.15, -0.1) is 0 Å². The van der Waals surface area contributed by atoms with E-state index in [-0.39, 0.29) is 0 Å². The first-order chi connectivity index (χ1) is 11.7. The number of carbonyl (C=O) groups is 2. The van der Waals surface area contributed by atoms with Crippen molar-refractivity contribution in [2.24, 2.45) is 0 Å². The molecule has 0 aliphatic carbocycles. The molecule has 0 spiro atoms. The summed E-state index contributed by atoms with van der Waals surface area (Å²) in [6.45, 7) is 2.18. The Morgan fingerprint density at radius 3 is 1.17 bits per heavy atom. The van der Waals surface area contributed by atoms with Crippen molar-refractivity contribution in [3.8, 4) is 0 Å². The number of hydrogen-bond donors (Lipinski definition) is 0. The Hall–Kier alpha value is -0.820. The van der Waals surface area contributed by atoms with Gasteiger partial charge in [-0.05, 0) is 51.4 Å². The summed E-state index contributed by atoms with van der Waals surface area (Å²) in [6, 6.07) is 0. The molecule has 6 heteroatoms. The van der Waals surface area contributed by atoms with Crippen LogP contribution >= 0.6 is 0 Å². The summed E-state index contributed by atoms with van der Waals surface area (Å²) in [4.78, 5) is 24.5. The minimum absolute atomic E-state index is 0.537. The van der Waals surface area contributed by atoms with Crippen molar-refractivity contribution in [1.29, 1.82) is 0 Å². The maximum Gasteiger partial charge on any atom is 0.155 e. The SMILES string of the molecule is O=C[C@]1([C@@]2([C@]3([C@@]4(C=O)CCCO4)CCCO3)CCCO2)CCCO1. The standard InChI is InChI=1S/C18H26O6/c19-13-15(5-1-9-21-15)17(7-3-11-23-17)18(8-4-12-24-18)16(14-20)6-2-10-22-16/h13-14H,1-12H2/t15-,16-,17+,18+/m0/s1. The quantitative estimate of drug-likeness (QED) is 0.709. The van der Waals surface area contributed by atoms with Crippen LogP contribution in [0.5, 0.6) is 0 Å². The topological polar surface area (TPSA) is 71.1 Å². The normalized spacial score (nSPS) is 48.8. The average molecular weight is 338 g/mol. The van der Waals surface area contributed by atoms with Crippen molar-refractivity contribution in [2.75, 3.05) is 26.4 Å². The Labute approximate surface area is 142 Å². The van der Waals surface area contributed by atoms with Crippen molar-refractivity contribution >= 4 is 12.6 Å². The van der Waals surface area contributed by atoms with E-state index in [1.807, 2.05) is 0 Å². The molecule has 0 radical (unpaired) electrons. The van der Waals surface area contributed by atoms with Gasteiger partial charge in [-0.1, -0.05) is 0 Å². The molecule has 0 amide bonds. The largest absolute Gasteiger partial charge is 0.368 e. The predicted octanol–water partition coefficient (Wildman–Crippen LogP) is 1.58. The van der Waals surface area contributed by atoms with E-state index in [1.54, 1.807) is 0 Å². The van der Waals surface area contributed by atoms with Crippen LogP contribution in [-0.4, -0.2) is 61.4 Å². The number of carbonyl (C=O) groups excluding carboxylic acids is 2.